The molecule has 6 nitrogen and oxygen atoms in total. The van der Waals surface area contributed by atoms with Crippen molar-refractivity contribution in [1.82, 2.24) is 10.2 Å². The first-order valence-corrected chi connectivity index (χ1v) is 15.6. The Labute approximate surface area is 252 Å². The molecule has 0 aliphatic heterocycles. The summed E-state index contributed by atoms with van der Waals surface area (Å²) in [5.41, 5.74) is 3.16. The molecule has 228 valence electrons. The Balaban J connectivity index is 1.35. The molecule has 0 bridgehead atoms. The fraction of sp³-hybridized carbons (Fsp3) is 0.556. The van der Waals surface area contributed by atoms with Gasteiger partial charge in [-0.05, 0) is 109 Å². The summed E-state index contributed by atoms with van der Waals surface area (Å²) in [6.45, 7) is 14.0. The smallest absolute Gasteiger partial charge is 0.410 e. The average molecular weight is 575 g/mol. The second-order valence-corrected chi connectivity index (χ2v) is 13.9. The summed E-state index contributed by atoms with van der Waals surface area (Å²) >= 11 is 0. The lowest BCUT2D eigenvalue weighted by Crippen LogP contribution is -2.47. The third kappa shape index (κ3) is 9.45. The highest BCUT2D eigenvalue weighted by molar-refractivity contribution is 5.89. The molecule has 0 heterocycles. The second kappa shape index (κ2) is 13.5. The van der Waals surface area contributed by atoms with Crippen LogP contribution in [0, 0.1) is 5.92 Å². The first-order valence-electron chi connectivity index (χ1n) is 15.6. The van der Waals surface area contributed by atoms with Gasteiger partial charge in [-0.3, -0.25) is 0 Å². The van der Waals surface area contributed by atoms with E-state index in [0.717, 1.165) is 37.7 Å². The molecule has 4 rings (SSSR count). The van der Waals surface area contributed by atoms with Gasteiger partial charge in [0.25, 0.3) is 0 Å². The predicted octanol–water partition coefficient (Wildman–Crippen LogP) is 8.16. The number of carbonyl (C=O) groups excluding carboxylic acids is 2. The van der Waals surface area contributed by atoms with E-state index >= 15 is 0 Å². The minimum atomic E-state index is -0.570. The summed E-state index contributed by atoms with van der Waals surface area (Å²) in [6, 6.07) is 19.1. The van der Waals surface area contributed by atoms with E-state index in [-0.39, 0.29) is 18.1 Å². The predicted molar refractivity (Wildman–Crippen MR) is 169 cm³/mol. The first-order chi connectivity index (χ1) is 19.8. The molecule has 2 fully saturated rings. The van der Waals surface area contributed by atoms with Crippen LogP contribution >= 0.6 is 0 Å². The maximum atomic E-state index is 13.4. The van der Waals surface area contributed by atoms with Gasteiger partial charge in [-0.25, -0.2) is 9.59 Å². The molecule has 2 aliphatic rings. The Morgan fingerprint density at radius 2 is 1.50 bits per heavy atom. The van der Waals surface area contributed by atoms with E-state index in [4.69, 9.17) is 9.47 Å². The van der Waals surface area contributed by atoms with Crippen LogP contribution in [0.4, 0.5) is 4.79 Å². The Morgan fingerprint density at radius 3 is 2.07 bits per heavy atom. The SMILES string of the molecule is CCC(=Cc1ccccc1)[C@@H]1C[C@H]1N[C@H]1CC[C@H](N(Cc2ccc(C(=O)OC(C)(C)C)cc2)C(=O)OC(C)(C)C)CC1. The van der Waals surface area contributed by atoms with Crippen molar-refractivity contribution in [2.75, 3.05) is 0 Å². The summed E-state index contributed by atoms with van der Waals surface area (Å²) in [5, 5.41) is 3.93. The molecule has 0 aromatic heterocycles. The zero-order valence-electron chi connectivity index (χ0n) is 26.6. The van der Waals surface area contributed by atoms with E-state index in [2.05, 4.69) is 48.6 Å². The highest BCUT2D eigenvalue weighted by Gasteiger charge is 2.41. The quantitative estimate of drug-likeness (QED) is 0.306. The van der Waals surface area contributed by atoms with Crippen LogP contribution in [0.1, 0.15) is 108 Å². The van der Waals surface area contributed by atoms with Gasteiger partial charge in [-0.1, -0.05) is 61.0 Å². The van der Waals surface area contributed by atoms with Gasteiger partial charge < -0.3 is 19.7 Å². The van der Waals surface area contributed by atoms with E-state index in [1.54, 1.807) is 12.1 Å². The lowest BCUT2D eigenvalue weighted by atomic mass is 9.89. The molecule has 0 unspecified atom stereocenters. The van der Waals surface area contributed by atoms with Crippen LogP contribution in [0.3, 0.4) is 0 Å². The van der Waals surface area contributed by atoms with Crippen LogP contribution in [-0.4, -0.2) is 46.3 Å². The van der Waals surface area contributed by atoms with E-state index in [1.807, 2.05) is 58.6 Å². The number of benzene rings is 2. The standard InChI is InChI=1S/C36H50N2O4/c1-8-27(22-25-12-10-9-11-13-25)31-23-32(31)37-29-18-20-30(21-19-29)38(34(40)42-36(5,6)7)24-26-14-16-28(17-15-26)33(39)41-35(2,3)4/h9-17,22,29-32,37H,8,18-21,23-24H2,1-7H3/t29-,30-,31-,32+/m0/s1. The van der Waals surface area contributed by atoms with Gasteiger partial charge in [0.15, 0.2) is 0 Å². The number of rotatable bonds is 9. The fourth-order valence-electron chi connectivity index (χ4n) is 5.82. The normalized spacial score (nSPS) is 22.8. The molecule has 2 aromatic carbocycles. The molecule has 1 amide bonds. The van der Waals surface area contributed by atoms with Crippen LogP contribution in [0.2, 0.25) is 0 Å². The number of nitrogens with zero attached hydrogens (tertiary/aromatic N) is 1. The lowest BCUT2D eigenvalue weighted by molar-refractivity contribution is 0.00616. The third-order valence-corrected chi connectivity index (χ3v) is 7.98. The van der Waals surface area contributed by atoms with Crippen LogP contribution in [0.5, 0.6) is 0 Å². The van der Waals surface area contributed by atoms with E-state index < -0.39 is 11.2 Å². The molecule has 2 aromatic rings. The van der Waals surface area contributed by atoms with Crippen molar-refractivity contribution >= 4 is 18.1 Å². The molecule has 6 heteroatoms. The van der Waals surface area contributed by atoms with Crippen molar-refractivity contribution in [2.45, 2.75) is 123 Å². The Bertz CT molecular complexity index is 1220. The Morgan fingerprint density at radius 1 is 0.881 bits per heavy atom. The van der Waals surface area contributed by atoms with Crippen molar-refractivity contribution in [3.05, 3.63) is 76.9 Å². The second-order valence-electron chi connectivity index (χ2n) is 13.9. The number of hydrogen-bond acceptors (Lipinski definition) is 5. The summed E-state index contributed by atoms with van der Waals surface area (Å²) in [6.07, 6.45) is 8.31. The number of ether oxygens (including phenoxy) is 2. The van der Waals surface area contributed by atoms with Gasteiger partial charge in [0, 0.05) is 24.7 Å². The molecule has 2 atom stereocenters. The summed E-state index contributed by atoms with van der Waals surface area (Å²) in [7, 11) is 0. The maximum Gasteiger partial charge on any atom is 0.410 e. The number of amides is 1. The highest BCUT2D eigenvalue weighted by Crippen LogP contribution is 2.41. The van der Waals surface area contributed by atoms with Crippen LogP contribution in [0.15, 0.2) is 60.2 Å². The molecular formula is C36H50N2O4. The minimum absolute atomic E-state index is 0.114. The number of hydrogen-bond donors (Lipinski definition) is 1. The minimum Gasteiger partial charge on any atom is -0.456 e. The number of nitrogens with one attached hydrogen (secondary N) is 1. The van der Waals surface area contributed by atoms with Crippen molar-refractivity contribution in [3.63, 3.8) is 0 Å². The average Bonchev–Trinajstić information content (AvgIpc) is 3.68. The van der Waals surface area contributed by atoms with Crippen molar-refractivity contribution in [3.8, 4) is 0 Å². The van der Waals surface area contributed by atoms with E-state index in [0.29, 0.717) is 30.1 Å². The fourth-order valence-corrected chi connectivity index (χ4v) is 5.82. The zero-order valence-corrected chi connectivity index (χ0v) is 26.6. The Kier molecular flexibility index (Phi) is 10.2. The van der Waals surface area contributed by atoms with Crippen LogP contribution in [-0.2, 0) is 16.0 Å². The largest absolute Gasteiger partial charge is 0.456 e. The topological polar surface area (TPSA) is 67.9 Å². The summed E-state index contributed by atoms with van der Waals surface area (Å²) < 4.78 is 11.3. The Hall–Kier alpha value is -3.12. The van der Waals surface area contributed by atoms with E-state index in [1.165, 1.54) is 17.6 Å². The van der Waals surface area contributed by atoms with Gasteiger partial charge in [0.1, 0.15) is 11.2 Å². The molecule has 0 saturated heterocycles. The summed E-state index contributed by atoms with van der Waals surface area (Å²) in [5.74, 6) is 0.276. The highest BCUT2D eigenvalue weighted by atomic mass is 16.6. The maximum absolute atomic E-state index is 13.4. The van der Waals surface area contributed by atoms with Crippen LogP contribution in [0.25, 0.3) is 6.08 Å². The van der Waals surface area contributed by atoms with Gasteiger partial charge in [0.05, 0.1) is 5.56 Å². The molecule has 1 N–H and O–H groups in total. The van der Waals surface area contributed by atoms with Gasteiger partial charge >= 0.3 is 12.1 Å². The van der Waals surface area contributed by atoms with E-state index in [9.17, 15) is 9.59 Å². The molecule has 2 saturated carbocycles. The van der Waals surface area contributed by atoms with Crippen molar-refractivity contribution in [2.24, 2.45) is 5.92 Å². The van der Waals surface area contributed by atoms with Gasteiger partial charge in [-0.2, -0.15) is 0 Å². The molecular weight excluding hydrogens is 524 g/mol. The number of carbonyl (C=O) groups is 2. The monoisotopic (exact) mass is 574 g/mol. The zero-order chi connectivity index (χ0) is 30.5. The lowest BCUT2D eigenvalue weighted by Gasteiger charge is -2.38. The van der Waals surface area contributed by atoms with Gasteiger partial charge in [0.2, 0.25) is 0 Å². The molecule has 0 radical (unpaired) electrons. The summed E-state index contributed by atoms with van der Waals surface area (Å²) in [4.78, 5) is 27.7. The van der Waals surface area contributed by atoms with Crippen molar-refractivity contribution in [1.29, 1.82) is 0 Å². The van der Waals surface area contributed by atoms with Gasteiger partial charge in [-0.15, -0.1) is 0 Å². The molecule has 42 heavy (non-hydrogen) atoms. The first kappa shape index (κ1) is 31.8. The van der Waals surface area contributed by atoms with Crippen molar-refractivity contribution < 1.29 is 19.1 Å². The molecule has 0 spiro atoms. The molecule has 2 aliphatic carbocycles. The number of esters is 1. The third-order valence-electron chi connectivity index (χ3n) is 7.98. The van der Waals surface area contributed by atoms with Crippen LogP contribution < -0.4 is 5.32 Å².